The van der Waals surface area contributed by atoms with Crippen molar-refractivity contribution in [2.24, 2.45) is 0 Å². The molecular weight excluding hydrogens is 311 g/mol. The van der Waals surface area contributed by atoms with E-state index in [0.717, 1.165) is 5.56 Å². The van der Waals surface area contributed by atoms with Gasteiger partial charge in [-0.1, -0.05) is 29.3 Å². The average Bonchev–Trinajstić information content (AvgIpc) is 2.85. The molecule has 2 rings (SSSR count). The summed E-state index contributed by atoms with van der Waals surface area (Å²) in [5.41, 5.74) is 0.935. The van der Waals surface area contributed by atoms with Crippen LogP contribution in [0.4, 0.5) is 0 Å². The zero-order valence-electron chi connectivity index (χ0n) is 12.1. The molecule has 0 aliphatic carbocycles. The van der Waals surface area contributed by atoms with Gasteiger partial charge in [-0.2, -0.15) is 0 Å². The standard InChI is InChI=1S/C15H20Cl2N2O2/c1-9(2)19(15(21)14-6-11(20)7-18-14)8-10-3-4-12(16)13(17)5-10/h3-5,9,11,14,18,20H,6-8H2,1-2H3. The predicted molar refractivity (Wildman–Crippen MR) is 84.6 cm³/mol. The van der Waals surface area contributed by atoms with Crippen molar-refractivity contribution in [3.05, 3.63) is 33.8 Å². The fourth-order valence-electron chi connectivity index (χ4n) is 2.45. The van der Waals surface area contributed by atoms with Crippen molar-refractivity contribution < 1.29 is 9.90 Å². The summed E-state index contributed by atoms with van der Waals surface area (Å²) < 4.78 is 0. The van der Waals surface area contributed by atoms with E-state index in [1.807, 2.05) is 19.9 Å². The van der Waals surface area contributed by atoms with Crippen LogP contribution < -0.4 is 5.32 Å². The van der Waals surface area contributed by atoms with Crippen molar-refractivity contribution in [1.29, 1.82) is 0 Å². The molecule has 116 valence electrons. The second-order valence-electron chi connectivity index (χ2n) is 5.66. The predicted octanol–water partition coefficient (Wildman–Crippen LogP) is 2.45. The molecular formula is C15H20Cl2N2O2. The molecule has 4 nitrogen and oxygen atoms in total. The third kappa shape index (κ3) is 4.10. The molecule has 1 aromatic rings. The van der Waals surface area contributed by atoms with Crippen molar-refractivity contribution >= 4 is 29.1 Å². The fraction of sp³-hybridized carbons (Fsp3) is 0.533. The van der Waals surface area contributed by atoms with Crippen molar-refractivity contribution in [2.75, 3.05) is 6.54 Å². The summed E-state index contributed by atoms with van der Waals surface area (Å²) >= 11 is 11.9. The normalized spacial score (nSPS) is 21.8. The van der Waals surface area contributed by atoms with Gasteiger partial charge < -0.3 is 15.3 Å². The zero-order valence-corrected chi connectivity index (χ0v) is 13.7. The van der Waals surface area contributed by atoms with Crippen LogP contribution in [0, 0.1) is 0 Å². The number of nitrogens with zero attached hydrogens (tertiary/aromatic N) is 1. The molecule has 0 spiro atoms. The molecule has 2 N–H and O–H groups in total. The molecule has 1 saturated heterocycles. The number of halogens is 2. The number of β-amino-alcohol motifs (C(OH)–C–C–N with tert-alkyl or cyclic N) is 1. The molecule has 1 aliphatic heterocycles. The molecule has 0 radical (unpaired) electrons. The number of hydrogen-bond donors (Lipinski definition) is 2. The monoisotopic (exact) mass is 330 g/mol. The van der Waals surface area contributed by atoms with Crippen LogP contribution in [-0.4, -0.2) is 40.6 Å². The Morgan fingerprint density at radius 3 is 2.67 bits per heavy atom. The number of hydrogen-bond acceptors (Lipinski definition) is 3. The number of rotatable bonds is 4. The molecule has 6 heteroatoms. The minimum Gasteiger partial charge on any atom is -0.392 e. The van der Waals surface area contributed by atoms with Gasteiger partial charge >= 0.3 is 0 Å². The van der Waals surface area contributed by atoms with Gasteiger partial charge in [-0.15, -0.1) is 0 Å². The Labute approximate surface area is 135 Å². The summed E-state index contributed by atoms with van der Waals surface area (Å²) in [7, 11) is 0. The summed E-state index contributed by atoms with van der Waals surface area (Å²) in [6, 6.07) is 5.13. The SMILES string of the molecule is CC(C)N(Cc1ccc(Cl)c(Cl)c1)C(=O)C1CC(O)CN1. The van der Waals surface area contributed by atoms with Crippen LogP contribution in [0.25, 0.3) is 0 Å². The second kappa shape index (κ2) is 6.97. The molecule has 2 atom stereocenters. The van der Waals surface area contributed by atoms with Gasteiger partial charge in [0, 0.05) is 19.1 Å². The Hall–Kier alpha value is -0.810. The van der Waals surface area contributed by atoms with E-state index in [2.05, 4.69) is 5.32 Å². The maximum Gasteiger partial charge on any atom is 0.240 e. The molecule has 0 saturated carbocycles. The maximum atomic E-state index is 12.6. The van der Waals surface area contributed by atoms with Gasteiger partial charge in [-0.3, -0.25) is 4.79 Å². The molecule has 1 heterocycles. The van der Waals surface area contributed by atoms with Crippen LogP contribution in [0.5, 0.6) is 0 Å². The van der Waals surface area contributed by atoms with Crippen LogP contribution >= 0.6 is 23.2 Å². The van der Waals surface area contributed by atoms with E-state index in [9.17, 15) is 9.90 Å². The van der Waals surface area contributed by atoms with E-state index in [-0.39, 0.29) is 18.0 Å². The van der Waals surface area contributed by atoms with E-state index in [4.69, 9.17) is 23.2 Å². The fourth-order valence-corrected chi connectivity index (χ4v) is 2.78. The molecule has 1 aliphatic rings. The average molecular weight is 331 g/mol. The number of carbonyl (C=O) groups is 1. The van der Waals surface area contributed by atoms with Crippen molar-refractivity contribution in [3.63, 3.8) is 0 Å². The van der Waals surface area contributed by atoms with Gasteiger partial charge in [-0.25, -0.2) is 0 Å². The zero-order chi connectivity index (χ0) is 15.6. The lowest BCUT2D eigenvalue weighted by Crippen LogP contribution is -2.46. The van der Waals surface area contributed by atoms with Gasteiger partial charge in [0.1, 0.15) is 0 Å². The molecule has 2 unspecified atom stereocenters. The highest BCUT2D eigenvalue weighted by molar-refractivity contribution is 6.42. The molecule has 1 amide bonds. The number of benzene rings is 1. The van der Waals surface area contributed by atoms with E-state index >= 15 is 0 Å². The van der Waals surface area contributed by atoms with Gasteiger partial charge in [0.05, 0.1) is 22.2 Å². The van der Waals surface area contributed by atoms with Crippen LogP contribution in [0.1, 0.15) is 25.8 Å². The number of aliphatic hydroxyl groups is 1. The molecule has 1 fully saturated rings. The lowest BCUT2D eigenvalue weighted by atomic mass is 10.1. The summed E-state index contributed by atoms with van der Waals surface area (Å²) in [5.74, 6) is 0.00706. The van der Waals surface area contributed by atoms with Crippen molar-refractivity contribution in [3.8, 4) is 0 Å². The largest absolute Gasteiger partial charge is 0.392 e. The minimum atomic E-state index is -0.446. The summed E-state index contributed by atoms with van der Waals surface area (Å²) in [4.78, 5) is 14.4. The Bertz CT molecular complexity index is 522. The third-order valence-corrected chi connectivity index (χ3v) is 4.39. The lowest BCUT2D eigenvalue weighted by Gasteiger charge is -2.29. The first-order valence-corrected chi connectivity index (χ1v) is 7.80. The maximum absolute atomic E-state index is 12.6. The highest BCUT2D eigenvalue weighted by Crippen LogP contribution is 2.24. The van der Waals surface area contributed by atoms with Crippen LogP contribution in [0.3, 0.4) is 0 Å². The molecule has 21 heavy (non-hydrogen) atoms. The van der Waals surface area contributed by atoms with Gasteiger partial charge in [0.25, 0.3) is 0 Å². The number of amides is 1. The van der Waals surface area contributed by atoms with E-state index < -0.39 is 6.10 Å². The Morgan fingerprint density at radius 2 is 2.14 bits per heavy atom. The molecule has 1 aromatic carbocycles. The van der Waals surface area contributed by atoms with Gasteiger partial charge in [0.2, 0.25) is 5.91 Å². The topological polar surface area (TPSA) is 52.6 Å². The smallest absolute Gasteiger partial charge is 0.240 e. The van der Waals surface area contributed by atoms with Crippen LogP contribution in [0.2, 0.25) is 10.0 Å². The number of aliphatic hydroxyl groups excluding tert-OH is 1. The van der Waals surface area contributed by atoms with Crippen molar-refractivity contribution in [2.45, 2.75) is 45.0 Å². The van der Waals surface area contributed by atoms with E-state index in [0.29, 0.717) is 29.6 Å². The quantitative estimate of drug-likeness (QED) is 0.891. The first-order valence-electron chi connectivity index (χ1n) is 7.04. The van der Waals surface area contributed by atoms with E-state index in [1.165, 1.54) is 0 Å². The first-order chi connectivity index (χ1) is 9.88. The Morgan fingerprint density at radius 1 is 1.43 bits per heavy atom. The van der Waals surface area contributed by atoms with Gasteiger partial charge in [0.15, 0.2) is 0 Å². The molecule has 0 bridgehead atoms. The van der Waals surface area contributed by atoms with Crippen molar-refractivity contribution in [1.82, 2.24) is 10.2 Å². The number of carbonyl (C=O) groups excluding carboxylic acids is 1. The second-order valence-corrected chi connectivity index (χ2v) is 6.47. The first kappa shape index (κ1) is 16.6. The van der Waals surface area contributed by atoms with E-state index in [1.54, 1.807) is 17.0 Å². The Balaban J connectivity index is 2.11. The number of nitrogens with one attached hydrogen (secondary N) is 1. The van der Waals surface area contributed by atoms with Crippen LogP contribution in [-0.2, 0) is 11.3 Å². The lowest BCUT2D eigenvalue weighted by molar-refractivity contribution is -0.135. The third-order valence-electron chi connectivity index (χ3n) is 3.65. The summed E-state index contributed by atoms with van der Waals surface area (Å²) in [5, 5.41) is 13.6. The highest BCUT2D eigenvalue weighted by atomic mass is 35.5. The summed E-state index contributed by atoms with van der Waals surface area (Å²) in [6.45, 7) is 4.89. The minimum absolute atomic E-state index is 0.00706. The van der Waals surface area contributed by atoms with Gasteiger partial charge in [-0.05, 0) is 38.0 Å². The highest BCUT2D eigenvalue weighted by Gasteiger charge is 2.32. The summed E-state index contributed by atoms with van der Waals surface area (Å²) in [6.07, 6.45) is 0.0154. The van der Waals surface area contributed by atoms with Crippen LogP contribution in [0.15, 0.2) is 18.2 Å². The molecule has 0 aromatic heterocycles. The Kier molecular flexibility index (Phi) is 5.49.